The number of carbonyl (C=O) groups is 1. The number of carbonyl (C=O) groups excluding carboxylic acids is 1. The van der Waals surface area contributed by atoms with E-state index >= 15 is 0 Å². The van der Waals surface area contributed by atoms with Crippen LogP contribution in [0.5, 0.6) is 5.75 Å². The van der Waals surface area contributed by atoms with Crippen molar-refractivity contribution in [2.24, 2.45) is 5.92 Å². The number of nitrogens with one attached hydrogen (secondary N) is 3. The molecule has 2 aliphatic heterocycles. The van der Waals surface area contributed by atoms with Gasteiger partial charge in [-0.25, -0.2) is 8.42 Å². The minimum Gasteiger partial charge on any atom is -0.497 e. The molecular weight excluding hydrogens is 366 g/mol. The molecule has 150 valence electrons. The molecule has 2 bridgehead atoms. The van der Waals surface area contributed by atoms with Crippen molar-refractivity contribution in [3.63, 3.8) is 0 Å². The first-order valence-corrected chi connectivity index (χ1v) is 11.0. The van der Waals surface area contributed by atoms with E-state index in [4.69, 9.17) is 4.74 Å². The number of hydrogen-bond donors (Lipinski definition) is 3. The molecule has 0 saturated carbocycles. The summed E-state index contributed by atoms with van der Waals surface area (Å²) >= 11 is 0. The summed E-state index contributed by atoms with van der Waals surface area (Å²) in [5.41, 5.74) is 0. The molecule has 2 saturated heterocycles. The fourth-order valence-corrected chi connectivity index (χ4v) is 5.29. The lowest BCUT2D eigenvalue weighted by molar-refractivity contribution is -0.124. The minimum absolute atomic E-state index is 0.1000. The Balaban J connectivity index is 1.67. The van der Waals surface area contributed by atoms with E-state index in [1.807, 2.05) is 13.8 Å². The number of rotatable bonds is 7. The fraction of sp³-hybridized carbons (Fsp3) is 0.632. The minimum atomic E-state index is -3.80. The third-order valence-corrected chi connectivity index (χ3v) is 6.88. The van der Waals surface area contributed by atoms with Gasteiger partial charge in [0.15, 0.2) is 0 Å². The Labute approximate surface area is 161 Å². The smallest absolute Gasteiger partial charge is 0.241 e. The molecule has 8 heteroatoms. The number of fused-ring (bicyclic) bond motifs is 2. The van der Waals surface area contributed by atoms with Crippen LogP contribution < -0.4 is 20.1 Å². The maximum absolute atomic E-state index is 12.8. The largest absolute Gasteiger partial charge is 0.497 e. The molecule has 27 heavy (non-hydrogen) atoms. The van der Waals surface area contributed by atoms with Gasteiger partial charge in [0.1, 0.15) is 11.8 Å². The average molecular weight is 396 g/mol. The van der Waals surface area contributed by atoms with Crippen molar-refractivity contribution in [2.75, 3.05) is 7.11 Å². The van der Waals surface area contributed by atoms with Crippen LogP contribution in [0.1, 0.15) is 39.5 Å². The van der Waals surface area contributed by atoms with Crippen LogP contribution in [-0.2, 0) is 14.8 Å². The van der Waals surface area contributed by atoms with Gasteiger partial charge in [-0.05, 0) is 55.9 Å². The molecule has 1 amide bonds. The van der Waals surface area contributed by atoms with Gasteiger partial charge in [-0.2, -0.15) is 4.72 Å². The zero-order chi connectivity index (χ0) is 19.6. The highest BCUT2D eigenvalue weighted by atomic mass is 32.2. The van der Waals surface area contributed by atoms with Gasteiger partial charge in [0, 0.05) is 18.1 Å². The van der Waals surface area contributed by atoms with Crippen LogP contribution in [0.2, 0.25) is 0 Å². The molecule has 1 aromatic rings. The van der Waals surface area contributed by atoms with Crippen molar-refractivity contribution in [3.05, 3.63) is 24.3 Å². The van der Waals surface area contributed by atoms with Crippen molar-refractivity contribution in [1.82, 2.24) is 15.4 Å². The van der Waals surface area contributed by atoms with Crippen molar-refractivity contribution in [1.29, 1.82) is 0 Å². The van der Waals surface area contributed by atoms with Crippen molar-refractivity contribution in [3.8, 4) is 5.75 Å². The van der Waals surface area contributed by atoms with E-state index < -0.39 is 16.1 Å². The molecule has 0 radical (unpaired) electrons. The first-order chi connectivity index (χ1) is 12.8. The van der Waals surface area contributed by atoms with Gasteiger partial charge in [0.05, 0.1) is 12.0 Å². The predicted molar refractivity (Wildman–Crippen MR) is 103 cm³/mol. The van der Waals surface area contributed by atoms with Gasteiger partial charge < -0.3 is 15.4 Å². The van der Waals surface area contributed by atoms with Crippen LogP contribution in [0.3, 0.4) is 0 Å². The SMILES string of the molecule is COc1ccc(S(=O)(=O)NC(C(=O)NC2CC3CCC(C2)N3)C(C)C)cc1. The molecule has 3 atom stereocenters. The fourth-order valence-electron chi connectivity index (χ4n) is 3.95. The second kappa shape index (κ2) is 8.16. The number of hydrogen-bond acceptors (Lipinski definition) is 5. The van der Waals surface area contributed by atoms with E-state index in [0.29, 0.717) is 17.8 Å². The maximum Gasteiger partial charge on any atom is 0.241 e. The molecule has 0 aliphatic carbocycles. The number of methoxy groups -OCH3 is 1. The first-order valence-electron chi connectivity index (χ1n) is 9.51. The molecule has 2 aliphatic rings. The number of piperidine rings is 1. The number of sulfonamides is 1. The lowest BCUT2D eigenvalue weighted by atomic mass is 9.98. The molecule has 0 aromatic heterocycles. The highest BCUT2D eigenvalue weighted by Crippen LogP contribution is 2.27. The van der Waals surface area contributed by atoms with Gasteiger partial charge in [-0.1, -0.05) is 13.8 Å². The first kappa shape index (κ1) is 20.1. The molecule has 2 fully saturated rings. The summed E-state index contributed by atoms with van der Waals surface area (Å²) in [6, 6.07) is 6.33. The molecule has 7 nitrogen and oxygen atoms in total. The van der Waals surface area contributed by atoms with Gasteiger partial charge in [-0.15, -0.1) is 0 Å². The predicted octanol–water partition coefficient (Wildman–Crippen LogP) is 1.40. The van der Waals surface area contributed by atoms with Crippen LogP contribution in [0.15, 0.2) is 29.2 Å². The van der Waals surface area contributed by atoms with Crippen LogP contribution in [0.4, 0.5) is 0 Å². The van der Waals surface area contributed by atoms with Gasteiger partial charge in [0.2, 0.25) is 15.9 Å². The monoisotopic (exact) mass is 395 g/mol. The number of amides is 1. The second-order valence-corrected chi connectivity index (χ2v) is 9.55. The summed E-state index contributed by atoms with van der Waals surface area (Å²) in [7, 11) is -2.28. The third-order valence-electron chi connectivity index (χ3n) is 5.42. The van der Waals surface area contributed by atoms with E-state index in [9.17, 15) is 13.2 Å². The van der Waals surface area contributed by atoms with E-state index in [1.54, 1.807) is 12.1 Å². The quantitative estimate of drug-likeness (QED) is 0.648. The molecule has 0 spiro atoms. The Bertz CT molecular complexity index is 752. The van der Waals surface area contributed by atoms with E-state index in [1.165, 1.54) is 19.2 Å². The molecule has 1 aromatic carbocycles. The Morgan fingerprint density at radius 3 is 2.26 bits per heavy atom. The van der Waals surface area contributed by atoms with E-state index in [0.717, 1.165) is 25.7 Å². The van der Waals surface area contributed by atoms with Gasteiger partial charge in [0.25, 0.3) is 0 Å². The summed E-state index contributed by atoms with van der Waals surface area (Å²) in [6.45, 7) is 3.68. The Morgan fingerprint density at radius 2 is 1.74 bits per heavy atom. The summed E-state index contributed by atoms with van der Waals surface area (Å²) in [5, 5.41) is 6.61. The highest BCUT2D eigenvalue weighted by Gasteiger charge is 2.36. The third kappa shape index (κ3) is 4.80. The Morgan fingerprint density at radius 1 is 1.15 bits per heavy atom. The summed E-state index contributed by atoms with van der Waals surface area (Å²) < 4.78 is 33.1. The van der Waals surface area contributed by atoms with Crippen molar-refractivity contribution < 1.29 is 17.9 Å². The Hall–Kier alpha value is -1.64. The highest BCUT2D eigenvalue weighted by molar-refractivity contribution is 7.89. The number of ether oxygens (including phenoxy) is 1. The van der Waals surface area contributed by atoms with Crippen molar-refractivity contribution >= 4 is 15.9 Å². The molecule has 2 heterocycles. The lowest BCUT2D eigenvalue weighted by Crippen LogP contribution is -2.55. The maximum atomic E-state index is 12.8. The normalized spacial score (nSPS) is 26.0. The molecule has 3 rings (SSSR count). The lowest BCUT2D eigenvalue weighted by Gasteiger charge is -2.31. The summed E-state index contributed by atoms with van der Waals surface area (Å²) in [5.74, 6) is 0.150. The summed E-state index contributed by atoms with van der Waals surface area (Å²) in [6.07, 6.45) is 4.10. The standard InChI is InChI=1S/C19H29N3O4S/c1-12(2)18(19(23)21-15-10-13-4-5-14(11-15)20-13)22-27(24,25)17-8-6-16(26-3)7-9-17/h6-9,12-15,18,20,22H,4-5,10-11H2,1-3H3,(H,21,23). The van der Waals surface area contributed by atoms with Crippen LogP contribution in [0, 0.1) is 5.92 Å². The van der Waals surface area contributed by atoms with E-state index in [-0.39, 0.29) is 22.8 Å². The van der Waals surface area contributed by atoms with Crippen LogP contribution in [-0.4, -0.2) is 45.6 Å². The molecular formula is C19H29N3O4S. The topological polar surface area (TPSA) is 96.5 Å². The zero-order valence-electron chi connectivity index (χ0n) is 16.1. The van der Waals surface area contributed by atoms with E-state index in [2.05, 4.69) is 15.4 Å². The Kier molecular flexibility index (Phi) is 6.08. The second-order valence-electron chi connectivity index (χ2n) is 7.83. The van der Waals surface area contributed by atoms with Crippen LogP contribution in [0.25, 0.3) is 0 Å². The summed E-state index contributed by atoms with van der Waals surface area (Å²) in [4.78, 5) is 12.9. The van der Waals surface area contributed by atoms with Crippen LogP contribution >= 0.6 is 0 Å². The van der Waals surface area contributed by atoms with Gasteiger partial charge >= 0.3 is 0 Å². The van der Waals surface area contributed by atoms with Gasteiger partial charge in [-0.3, -0.25) is 4.79 Å². The zero-order valence-corrected chi connectivity index (χ0v) is 16.9. The molecule has 3 unspecified atom stereocenters. The average Bonchev–Trinajstić information content (AvgIpc) is 2.97. The van der Waals surface area contributed by atoms with Crippen molar-refractivity contribution in [2.45, 2.75) is 68.6 Å². The number of benzene rings is 1. The molecule has 3 N–H and O–H groups in total.